The van der Waals surface area contributed by atoms with E-state index in [0.29, 0.717) is 11.3 Å². The van der Waals surface area contributed by atoms with Gasteiger partial charge in [-0.3, -0.25) is 14.9 Å². The van der Waals surface area contributed by atoms with Crippen molar-refractivity contribution < 1.29 is 42.2 Å². The summed E-state index contributed by atoms with van der Waals surface area (Å²) in [7, 11) is -3.76. The number of nitro benzene ring substituents is 1. The van der Waals surface area contributed by atoms with Crippen LogP contribution in [0.1, 0.15) is 56.6 Å². The zero-order valence-electron chi connectivity index (χ0n) is 26.6. The maximum Gasteiger partial charge on any atom is 0.410 e. The smallest absolute Gasteiger partial charge is 0.410 e. The van der Waals surface area contributed by atoms with Gasteiger partial charge < -0.3 is 24.2 Å². The predicted molar refractivity (Wildman–Crippen MR) is 171 cm³/mol. The number of rotatable bonds is 13. The Morgan fingerprint density at radius 2 is 1.61 bits per heavy atom. The number of carbonyl (C=O) groups is 2. The van der Waals surface area contributed by atoms with Crippen LogP contribution in [0.15, 0.2) is 66.7 Å². The van der Waals surface area contributed by atoms with Crippen molar-refractivity contribution in [3.63, 3.8) is 0 Å². The van der Waals surface area contributed by atoms with Crippen molar-refractivity contribution in [1.82, 2.24) is 9.62 Å². The number of non-ortho nitro benzene ring substituents is 1. The summed E-state index contributed by atoms with van der Waals surface area (Å²) in [6.45, 7) is 8.77. The van der Waals surface area contributed by atoms with E-state index in [2.05, 4.69) is 0 Å². The number of nitro groups is 1. The molecule has 3 aromatic carbocycles. The molecule has 13 nitrogen and oxygen atoms in total. The van der Waals surface area contributed by atoms with Crippen LogP contribution in [0.3, 0.4) is 0 Å². The fraction of sp³-hybridized carbons (Fsp3) is 0.375. The maximum absolute atomic E-state index is 12.9. The molecule has 2 amide bonds. The highest BCUT2D eigenvalue weighted by atomic mass is 32.2. The number of aliphatic hydroxyl groups excluding tert-OH is 1. The third-order valence-electron chi connectivity index (χ3n) is 6.22. The summed E-state index contributed by atoms with van der Waals surface area (Å²) in [6, 6.07) is 17.3. The highest BCUT2D eigenvalue weighted by molar-refractivity contribution is 7.89. The molecule has 3 aromatic rings. The molecule has 0 saturated heterocycles. The second-order valence-corrected chi connectivity index (χ2v) is 13.5. The second-order valence-electron chi connectivity index (χ2n) is 11.7. The first-order valence-corrected chi connectivity index (χ1v) is 16.3. The maximum atomic E-state index is 12.9. The number of hydrogen-bond acceptors (Lipinski definition) is 10. The van der Waals surface area contributed by atoms with Crippen molar-refractivity contribution in [2.24, 2.45) is 0 Å². The van der Waals surface area contributed by atoms with E-state index in [9.17, 15) is 33.2 Å². The second kappa shape index (κ2) is 15.1. The van der Waals surface area contributed by atoms with Crippen molar-refractivity contribution in [1.29, 1.82) is 0 Å². The van der Waals surface area contributed by atoms with Gasteiger partial charge in [-0.2, -0.15) is 0 Å². The molecule has 0 aliphatic rings. The lowest BCUT2D eigenvalue weighted by atomic mass is 10.0. The summed E-state index contributed by atoms with van der Waals surface area (Å²) in [4.78, 5) is 37.2. The van der Waals surface area contributed by atoms with Gasteiger partial charge in [0.25, 0.3) is 11.6 Å². The van der Waals surface area contributed by atoms with Gasteiger partial charge in [-0.15, -0.1) is 0 Å². The Balaban J connectivity index is 1.71. The van der Waals surface area contributed by atoms with Crippen molar-refractivity contribution in [3.8, 4) is 22.6 Å². The average Bonchev–Trinajstić information content (AvgIpc) is 2.94. The fourth-order valence-corrected chi connectivity index (χ4v) is 4.64. The standard InChI is InChI=1S/C32H39N3O10S/c1-21(2)44-29-19-24(11-16-27(29)30(37)33-46(6,41)42)22-9-14-26(15-10-22)43-18-17-34(31(38)45-32(3,4)5)20-28(36)23-7-12-25(13-8-23)35(39)40/h7-16,19,21,28,36H,17-18,20H2,1-6H3,(H,33,37)/t28-/m0/s1. The Labute approximate surface area is 268 Å². The molecule has 0 aromatic heterocycles. The van der Waals surface area contributed by atoms with Crippen LogP contribution in [0.25, 0.3) is 11.1 Å². The lowest BCUT2D eigenvalue weighted by Gasteiger charge is -2.29. The number of hydrogen-bond donors (Lipinski definition) is 2. The Morgan fingerprint density at radius 1 is 1.00 bits per heavy atom. The molecular weight excluding hydrogens is 618 g/mol. The number of amides is 2. The molecule has 1 atom stereocenters. The zero-order valence-corrected chi connectivity index (χ0v) is 27.4. The molecule has 0 bridgehead atoms. The Morgan fingerprint density at radius 3 is 2.15 bits per heavy atom. The number of carbonyl (C=O) groups excluding carboxylic acids is 2. The van der Waals surface area contributed by atoms with E-state index in [1.807, 2.05) is 4.72 Å². The third-order valence-corrected chi connectivity index (χ3v) is 6.77. The summed E-state index contributed by atoms with van der Waals surface area (Å²) in [5.74, 6) is -0.0622. The lowest BCUT2D eigenvalue weighted by Crippen LogP contribution is -2.41. The van der Waals surface area contributed by atoms with Crippen LogP contribution in [0.4, 0.5) is 10.5 Å². The lowest BCUT2D eigenvalue weighted by molar-refractivity contribution is -0.384. The Hall–Kier alpha value is -4.69. The van der Waals surface area contributed by atoms with E-state index < -0.39 is 38.7 Å². The van der Waals surface area contributed by atoms with Crippen molar-refractivity contribution in [2.75, 3.05) is 26.0 Å². The normalized spacial score (nSPS) is 12.3. The minimum atomic E-state index is -3.76. The van der Waals surface area contributed by atoms with Crippen LogP contribution in [-0.2, 0) is 14.8 Å². The van der Waals surface area contributed by atoms with E-state index in [1.165, 1.54) is 35.2 Å². The molecule has 0 fully saturated rings. The first-order chi connectivity index (χ1) is 21.4. The molecule has 0 saturated carbocycles. The van der Waals surface area contributed by atoms with Gasteiger partial charge in [0.1, 0.15) is 23.7 Å². The zero-order chi connectivity index (χ0) is 34.2. The molecule has 0 unspecified atom stereocenters. The van der Waals surface area contributed by atoms with Gasteiger partial charge in [0.05, 0.1) is 42.0 Å². The van der Waals surface area contributed by atoms with Gasteiger partial charge >= 0.3 is 6.09 Å². The van der Waals surface area contributed by atoms with Crippen LogP contribution in [0.2, 0.25) is 0 Å². The summed E-state index contributed by atoms with van der Waals surface area (Å²) in [6.07, 6.45) is -1.15. The summed E-state index contributed by atoms with van der Waals surface area (Å²) in [5, 5.41) is 21.7. The number of nitrogens with one attached hydrogen (secondary N) is 1. The van der Waals surface area contributed by atoms with Gasteiger partial charge in [0.2, 0.25) is 10.0 Å². The van der Waals surface area contributed by atoms with Crippen LogP contribution in [0, 0.1) is 10.1 Å². The van der Waals surface area contributed by atoms with Gasteiger partial charge in [-0.1, -0.05) is 18.2 Å². The van der Waals surface area contributed by atoms with Gasteiger partial charge in [0, 0.05) is 12.1 Å². The molecule has 0 spiro atoms. The van der Waals surface area contributed by atoms with Crippen molar-refractivity contribution >= 4 is 27.7 Å². The van der Waals surface area contributed by atoms with Crippen molar-refractivity contribution in [3.05, 3.63) is 88.0 Å². The summed E-state index contributed by atoms with van der Waals surface area (Å²) in [5.41, 5.74) is 1.09. The molecule has 248 valence electrons. The molecule has 46 heavy (non-hydrogen) atoms. The number of sulfonamides is 1. The van der Waals surface area contributed by atoms with E-state index in [0.717, 1.165) is 17.4 Å². The topological polar surface area (TPSA) is 175 Å². The number of benzene rings is 3. The summed E-state index contributed by atoms with van der Waals surface area (Å²) >= 11 is 0. The largest absolute Gasteiger partial charge is 0.492 e. The first-order valence-electron chi connectivity index (χ1n) is 14.4. The third kappa shape index (κ3) is 11.0. The number of nitrogens with zero attached hydrogens (tertiary/aromatic N) is 2. The molecule has 0 aliphatic carbocycles. The quantitative estimate of drug-likeness (QED) is 0.186. The highest BCUT2D eigenvalue weighted by Gasteiger charge is 2.25. The van der Waals surface area contributed by atoms with Crippen LogP contribution >= 0.6 is 0 Å². The molecule has 0 heterocycles. The van der Waals surface area contributed by atoms with Crippen LogP contribution < -0.4 is 14.2 Å². The first kappa shape index (κ1) is 35.8. The van der Waals surface area contributed by atoms with E-state index in [1.54, 1.807) is 71.0 Å². The Bertz CT molecular complexity index is 1630. The SMILES string of the molecule is CC(C)Oc1cc(-c2ccc(OCCN(C[C@H](O)c3ccc([N+](=O)[O-])cc3)C(=O)OC(C)(C)C)cc2)ccc1C(=O)NS(C)(=O)=O. The van der Waals surface area contributed by atoms with Gasteiger partial charge in [0.15, 0.2) is 0 Å². The molecule has 0 radical (unpaired) electrons. The molecular formula is C32H39N3O10S. The minimum Gasteiger partial charge on any atom is -0.492 e. The highest BCUT2D eigenvalue weighted by Crippen LogP contribution is 2.30. The van der Waals surface area contributed by atoms with Crippen LogP contribution in [-0.4, -0.2) is 73.0 Å². The number of ether oxygens (including phenoxy) is 3. The average molecular weight is 658 g/mol. The molecule has 2 N–H and O–H groups in total. The van der Waals surface area contributed by atoms with E-state index >= 15 is 0 Å². The predicted octanol–water partition coefficient (Wildman–Crippen LogP) is 5.09. The van der Waals surface area contributed by atoms with E-state index in [-0.39, 0.29) is 42.8 Å². The summed E-state index contributed by atoms with van der Waals surface area (Å²) < 4.78 is 42.2. The minimum absolute atomic E-state index is 0.0715. The number of aliphatic hydroxyl groups is 1. The fourth-order valence-electron chi connectivity index (χ4n) is 4.20. The molecule has 0 aliphatic heterocycles. The van der Waals surface area contributed by atoms with Gasteiger partial charge in [-0.25, -0.2) is 17.9 Å². The Kier molecular flexibility index (Phi) is 11.7. The van der Waals surface area contributed by atoms with Crippen LogP contribution in [0.5, 0.6) is 11.5 Å². The van der Waals surface area contributed by atoms with E-state index in [4.69, 9.17) is 14.2 Å². The van der Waals surface area contributed by atoms with Crippen molar-refractivity contribution in [2.45, 2.75) is 52.4 Å². The van der Waals surface area contributed by atoms with Gasteiger partial charge in [-0.05, 0) is 87.7 Å². The molecule has 3 rings (SSSR count). The molecule has 14 heteroatoms. The monoisotopic (exact) mass is 657 g/mol.